The van der Waals surface area contributed by atoms with E-state index in [2.05, 4.69) is 31.3 Å². The molecule has 0 aliphatic carbocycles. The van der Waals surface area contributed by atoms with E-state index in [-0.39, 0.29) is 5.82 Å². The molecule has 1 aliphatic heterocycles. The number of halogens is 3. The van der Waals surface area contributed by atoms with Crippen LogP contribution in [0.25, 0.3) is 5.70 Å². The van der Waals surface area contributed by atoms with E-state index in [0.29, 0.717) is 16.5 Å². The number of hydrogen-bond acceptors (Lipinski definition) is 3. The number of nitrogens with zero attached hydrogens (tertiary/aromatic N) is 3. The van der Waals surface area contributed by atoms with E-state index in [1.54, 1.807) is 16.8 Å². The monoisotopic (exact) mass is 404 g/mol. The van der Waals surface area contributed by atoms with Gasteiger partial charge in [-0.25, -0.2) is 9.07 Å². The summed E-state index contributed by atoms with van der Waals surface area (Å²) in [6.07, 6.45) is 3.33. The lowest BCUT2D eigenvalue weighted by Gasteiger charge is -2.25. The van der Waals surface area contributed by atoms with Crippen molar-refractivity contribution in [2.75, 3.05) is 5.32 Å². The minimum absolute atomic E-state index is 0.355. The molecule has 0 amide bonds. The predicted molar refractivity (Wildman–Crippen MR) is 95.3 cm³/mol. The summed E-state index contributed by atoms with van der Waals surface area (Å²) in [5.74, 6) is 0.164. The topological polar surface area (TPSA) is 42.7 Å². The van der Waals surface area contributed by atoms with Crippen molar-refractivity contribution in [1.82, 2.24) is 14.8 Å². The van der Waals surface area contributed by atoms with Gasteiger partial charge in [0.15, 0.2) is 0 Å². The van der Waals surface area contributed by atoms with Crippen LogP contribution in [-0.4, -0.2) is 14.8 Å². The van der Waals surface area contributed by atoms with Crippen molar-refractivity contribution in [3.05, 3.63) is 81.3 Å². The van der Waals surface area contributed by atoms with Gasteiger partial charge in [-0.2, -0.15) is 10.1 Å². The van der Waals surface area contributed by atoms with E-state index >= 15 is 0 Å². The summed E-state index contributed by atoms with van der Waals surface area (Å²) in [6, 6.07) is 12.0. The lowest BCUT2D eigenvalue weighted by Crippen LogP contribution is -2.21. The summed E-state index contributed by atoms with van der Waals surface area (Å²) in [6.45, 7) is 0. The number of hydrogen-bond donors (Lipinski definition) is 1. The third-order valence-electron chi connectivity index (χ3n) is 3.84. The van der Waals surface area contributed by atoms with Crippen LogP contribution in [0.3, 0.4) is 0 Å². The molecule has 1 aromatic heterocycles. The maximum atomic E-state index is 14.4. The van der Waals surface area contributed by atoms with Gasteiger partial charge in [0.05, 0.1) is 0 Å². The Morgan fingerprint density at radius 2 is 2.04 bits per heavy atom. The third-order valence-corrected chi connectivity index (χ3v) is 4.66. The van der Waals surface area contributed by atoms with E-state index in [1.807, 2.05) is 30.3 Å². The van der Waals surface area contributed by atoms with Crippen LogP contribution >= 0.6 is 27.5 Å². The van der Waals surface area contributed by atoms with Crippen molar-refractivity contribution in [2.45, 2.75) is 6.04 Å². The standard InChI is InChI=1S/C17H11BrClFN4/c18-11-4-1-3-10(7-11)14-8-15(24-17(23-14)21-9-22-24)16-12(19)5-2-6-13(16)20/h1-9,15H,(H,21,22,23)/t15-/m1/s1. The Morgan fingerprint density at radius 3 is 2.83 bits per heavy atom. The molecule has 24 heavy (non-hydrogen) atoms. The number of aromatic nitrogens is 3. The highest BCUT2D eigenvalue weighted by atomic mass is 79.9. The Morgan fingerprint density at radius 1 is 1.21 bits per heavy atom. The molecule has 0 fully saturated rings. The Kier molecular flexibility index (Phi) is 3.86. The molecule has 0 radical (unpaired) electrons. The Balaban J connectivity index is 1.89. The average molecular weight is 406 g/mol. The highest BCUT2D eigenvalue weighted by Gasteiger charge is 2.27. The first kappa shape index (κ1) is 15.4. The number of benzene rings is 2. The van der Waals surface area contributed by atoms with Crippen molar-refractivity contribution >= 4 is 39.2 Å². The molecule has 4 nitrogen and oxygen atoms in total. The second-order valence-corrected chi connectivity index (χ2v) is 6.65. The van der Waals surface area contributed by atoms with Crippen molar-refractivity contribution in [2.24, 2.45) is 0 Å². The van der Waals surface area contributed by atoms with Gasteiger partial charge >= 0.3 is 0 Å². The zero-order valence-electron chi connectivity index (χ0n) is 12.2. The van der Waals surface area contributed by atoms with E-state index in [0.717, 1.165) is 15.7 Å². The molecule has 1 N–H and O–H groups in total. The first-order chi connectivity index (χ1) is 11.6. The third kappa shape index (κ3) is 2.61. The molecule has 3 aromatic rings. The van der Waals surface area contributed by atoms with Gasteiger partial charge in [0.25, 0.3) is 0 Å². The maximum Gasteiger partial charge on any atom is 0.226 e. The van der Waals surface area contributed by atoms with Gasteiger partial charge in [0, 0.05) is 20.8 Å². The second-order valence-electron chi connectivity index (χ2n) is 5.32. The second kappa shape index (κ2) is 6.03. The van der Waals surface area contributed by atoms with Crippen molar-refractivity contribution < 1.29 is 4.39 Å². The molecule has 2 heterocycles. The van der Waals surface area contributed by atoms with E-state index in [4.69, 9.17) is 11.6 Å². The zero-order valence-corrected chi connectivity index (χ0v) is 14.6. The summed E-state index contributed by atoms with van der Waals surface area (Å²) in [4.78, 5) is 4.21. The number of anilines is 1. The van der Waals surface area contributed by atoms with Crippen LogP contribution in [-0.2, 0) is 0 Å². The van der Waals surface area contributed by atoms with E-state index < -0.39 is 6.04 Å². The zero-order chi connectivity index (χ0) is 16.7. The molecule has 2 aromatic carbocycles. The summed E-state index contributed by atoms with van der Waals surface area (Å²) in [5.41, 5.74) is 2.15. The maximum absolute atomic E-state index is 14.4. The molecule has 0 saturated heterocycles. The molecule has 0 spiro atoms. The molecule has 120 valence electrons. The van der Waals surface area contributed by atoms with Crippen LogP contribution in [0.5, 0.6) is 0 Å². The Hall–Kier alpha value is -2.18. The van der Waals surface area contributed by atoms with Crippen LogP contribution in [0, 0.1) is 5.82 Å². The largest absolute Gasteiger partial charge is 0.324 e. The molecule has 1 atom stereocenters. The summed E-state index contributed by atoms with van der Waals surface area (Å²) >= 11 is 9.72. The fourth-order valence-corrected chi connectivity index (χ4v) is 3.43. The van der Waals surface area contributed by atoms with Crippen molar-refractivity contribution in [3.63, 3.8) is 0 Å². The van der Waals surface area contributed by atoms with Gasteiger partial charge in [-0.1, -0.05) is 45.7 Å². The molecular formula is C17H11BrClFN4. The number of nitrogens with one attached hydrogen (secondary N) is 1. The average Bonchev–Trinajstić information content (AvgIpc) is 3.03. The molecule has 4 rings (SSSR count). The minimum Gasteiger partial charge on any atom is -0.324 e. The summed E-state index contributed by atoms with van der Waals surface area (Å²) in [7, 11) is 0. The van der Waals surface area contributed by atoms with Crippen LogP contribution < -0.4 is 5.32 Å². The van der Waals surface area contributed by atoms with Gasteiger partial charge in [0.1, 0.15) is 18.2 Å². The molecule has 0 saturated carbocycles. The SMILES string of the molecule is Fc1cccc(Cl)c1[C@H]1C=C(c2cccc(Br)c2)Nc2ncnn21. The normalized spacial score (nSPS) is 16.3. The first-order valence-corrected chi connectivity index (χ1v) is 8.39. The lowest BCUT2D eigenvalue weighted by molar-refractivity contribution is 0.551. The van der Waals surface area contributed by atoms with Crippen molar-refractivity contribution in [3.8, 4) is 0 Å². The van der Waals surface area contributed by atoms with Crippen LogP contribution in [0.1, 0.15) is 17.2 Å². The van der Waals surface area contributed by atoms with Gasteiger partial charge in [-0.05, 0) is 35.9 Å². The highest BCUT2D eigenvalue weighted by molar-refractivity contribution is 9.10. The lowest BCUT2D eigenvalue weighted by atomic mass is 10.0. The van der Waals surface area contributed by atoms with E-state index in [9.17, 15) is 4.39 Å². The van der Waals surface area contributed by atoms with Gasteiger partial charge in [-0.3, -0.25) is 0 Å². The number of fused-ring (bicyclic) bond motifs is 1. The molecule has 0 unspecified atom stereocenters. The highest BCUT2D eigenvalue weighted by Crippen LogP contribution is 2.36. The Labute approximate surface area is 151 Å². The Bertz CT molecular complexity index is 933. The summed E-state index contributed by atoms with van der Waals surface area (Å²) < 4.78 is 17.0. The fourth-order valence-electron chi connectivity index (χ4n) is 2.76. The van der Waals surface area contributed by atoms with Crippen LogP contribution in [0.2, 0.25) is 5.02 Å². The van der Waals surface area contributed by atoms with Gasteiger partial charge in [0.2, 0.25) is 5.95 Å². The molecule has 1 aliphatic rings. The number of allylic oxidation sites excluding steroid dienone is 1. The van der Waals surface area contributed by atoms with Gasteiger partial charge in [-0.15, -0.1) is 0 Å². The van der Waals surface area contributed by atoms with E-state index in [1.165, 1.54) is 12.4 Å². The fraction of sp³-hybridized carbons (Fsp3) is 0.0588. The number of rotatable bonds is 2. The smallest absolute Gasteiger partial charge is 0.226 e. The molecular weight excluding hydrogens is 395 g/mol. The molecule has 7 heteroatoms. The minimum atomic E-state index is -0.480. The quantitative estimate of drug-likeness (QED) is 0.660. The van der Waals surface area contributed by atoms with Crippen LogP contribution in [0.15, 0.2) is 59.3 Å². The van der Waals surface area contributed by atoms with Gasteiger partial charge < -0.3 is 5.32 Å². The predicted octanol–water partition coefficient (Wildman–Crippen LogP) is 4.89. The summed E-state index contributed by atoms with van der Waals surface area (Å²) in [5, 5.41) is 7.78. The first-order valence-electron chi connectivity index (χ1n) is 7.21. The molecule has 0 bridgehead atoms. The van der Waals surface area contributed by atoms with Crippen LogP contribution in [0.4, 0.5) is 10.3 Å². The van der Waals surface area contributed by atoms with Crippen molar-refractivity contribution in [1.29, 1.82) is 0 Å².